The molecule has 0 heterocycles. The van der Waals surface area contributed by atoms with E-state index < -0.39 is 30.8 Å². The van der Waals surface area contributed by atoms with E-state index in [1.54, 1.807) is 0 Å². The molecule has 0 saturated heterocycles. The molecule has 15 heavy (non-hydrogen) atoms. The highest BCUT2D eigenvalue weighted by Gasteiger charge is 2.20. The molecule has 88 valence electrons. The number of carboxylic acid groups (broad SMARTS) is 1. The fraction of sp³-hybridized carbons (Fsp3) is 0.750. The molecule has 0 spiro atoms. The number of rotatable bonds is 5. The van der Waals surface area contributed by atoms with Crippen molar-refractivity contribution in [3.05, 3.63) is 0 Å². The fourth-order valence-electron chi connectivity index (χ4n) is 0.924. The van der Waals surface area contributed by atoms with Crippen molar-refractivity contribution in [2.24, 2.45) is 0 Å². The van der Waals surface area contributed by atoms with Gasteiger partial charge in [0, 0.05) is 13.6 Å². The molecule has 0 aromatic heterocycles. The maximum atomic E-state index is 11.3. The van der Waals surface area contributed by atoms with E-state index in [1.165, 1.54) is 14.0 Å². The molecule has 0 aromatic carbocycles. The topological polar surface area (TPSA) is 110 Å². The second-order valence-electron chi connectivity index (χ2n) is 3.25. The molecule has 0 aliphatic carbocycles. The summed E-state index contributed by atoms with van der Waals surface area (Å²) in [6, 6.07) is -1.98. The summed E-state index contributed by atoms with van der Waals surface area (Å²) in [6.07, 6.45) is -0.696. The Morgan fingerprint density at radius 1 is 1.47 bits per heavy atom. The number of nitrogens with one attached hydrogen (secondary N) is 1. The molecule has 2 atom stereocenters. The zero-order valence-electron chi connectivity index (χ0n) is 8.67. The lowest BCUT2D eigenvalue weighted by atomic mass is 10.3. The summed E-state index contributed by atoms with van der Waals surface area (Å²) in [5.41, 5.74) is 0. The summed E-state index contributed by atoms with van der Waals surface area (Å²) in [6.45, 7) is 0.914. The van der Waals surface area contributed by atoms with Crippen LogP contribution in [0.2, 0.25) is 0 Å². The largest absolute Gasteiger partial charge is 0.480 e. The van der Waals surface area contributed by atoms with Crippen molar-refractivity contribution in [1.29, 1.82) is 0 Å². The number of carbonyl (C=O) groups is 2. The van der Waals surface area contributed by atoms with Crippen molar-refractivity contribution in [2.45, 2.75) is 19.1 Å². The Morgan fingerprint density at radius 2 is 2.00 bits per heavy atom. The number of carbonyl (C=O) groups excluding carboxylic acids is 1. The fourth-order valence-corrected chi connectivity index (χ4v) is 0.924. The molecule has 4 N–H and O–H groups in total. The third-order valence-electron chi connectivity index (χ3n) is 1.66. The summed E-state index contributed by atoms with van der Waals surface area (Å²) in [4.78, 5) is 22.9. The van der Waals surface area contributed by atoms with E-state index in [0.717, 1.165) is 4.90 Å². The van der Waals surface area contributed by atoms with Crippen molar-refractivity contribution in [3.8, 4) is 0 Å². The number of hydrogen-bond donors (Lipinski definition) is 4. The molecule has 0 fully saturated rings. The van der Waals surface area contributed by atoms with Gasteiger partial charge in [-0.2, -0.15) is 0 Å². The Labute approximate surface area is 87.3 Å². The average molecular weight is 220 g/mol. The van der Waals surface area contributed by atoms with Crippen molar-refractivity contribution in [3.63, 3.8) is 0 Å². The highest BCUT2D eigenvalue weighted by Crippen LogP contribution is 1.91. The van der Waals surface area contributed by atoms with E-state index in [0.29, 0.717) is 0 Å². The molecule has 0 saturated carbocycles. The lowest BCUT2D eigenvalue weighted by Crippen LogP contribution is -2.49. The summed E-state index contributed by atoms with van der Waals surface area (Å²) in [5.74, 6) is -1.31. The lowest BCUT2D eigenvalue weighted by molar-refractivity contribution is -0.140. The van der Waals surface area contributed by atoms with Gasteiger partial charge >= 0.3 is 12.0 Å². The van der Waals surface area contributed by atoms with E-state index >= 15 is 0 Å². The second-order valence-corrected chi connectivity index (χ2v) is 3.25. The zero-order valence-corrected chi connectivity index (χ0v) is 8.67. The van der Waals surface area contributed by atoms with Gasteiger partial charge in [-0.15, -0.1) is 0 Å². The first-order chi connectivity index (χ1) is 6.88. The van der Waals surface area contributed by atoms with E-state index in [1.807, 2.05) is 0 Å². The van der Waals surface area contributed by atoms with Crippen LogP contribution in [0.15, 0.2) is 0 Å². The van der Waals surface area contributed by atoms with Gasteiger partial charge in [-0.3, -0.25) is 0 Å². The van der Waals surface area contributed by atoms with Gasteiger partial charge in [0.15, 0.2) is 6.04 Å². The predicted octanol–water partition coefficient (Wildman–Crippen LogP) is -1.55. The van der Waals surface area contributed by atoms with Crippen LogP contribution in [0.3, 0.4) is 0 Å². The van der Waals surface area contributed by atoms with E-state index in [-0.39, 0.29) is 6.54 Å². The highest BCUT2D eigenvalue weighted by atomic mass is 16.4. The molecular formula is C8H16N2O5. The molecule has 0 rings (SSSR count). The number of likely N-dealkylation sites (N-methyl/N-ethyl adjacent to an activating group) is 1. The van der Waals surface area contributed by atoms with Crippen molar-refractivity contribution >= 4 is 12.0 Å². The van der Waals surface area contributed by atoms with Gasteiger partial charge in [0.25, 0.3) is 0 Å². The van der Waals surface area contributed by atoms with Gasteiger partial charge in [-0.1, -0.05) is 0 Å². The van der Waals surface area contributed by atoms with Crippen molar-refractivity contribution in [1.82, 2.24) is 10.2 Å². The first-order valence-corrected chi connectivity index (χ1v) is 4.41. The Kier molecular flexibility index (Phi) is 5.65. The first-order valence-electron chi connectivity index (χ1n) is 4.41. The summed E-state index contributed by atoms with van der Waals surface area (Å²) >= 11 is 0. The number of nitrogens with zero attached hydrogens (tertiary/aromatic N) is 1. The smallest absolute Gasteiger partial charge is 0.328 e. The normalized spacial score (nSPS) is 14.1. The molecule has 7 nitrogen and oxygen atoms in total. The minimum absolute atomic E-state index is 0.0869. The monoisotopic (exact) mass is 220 g/mol. The van der Waals surface area contributed by atoms with Gasteiger partial charge in [0.2, 0.25) is 0 Å². The molecular weight excluding hydrogens is 204 g/mol. The van der Waals surface area contributed by atoms with E-state index in [4.69, 9.17) is 15.3 Å². The van der Waals surface area contributed by atoms with Crippen LogP contribution in [0.5, 0.6) is 0 Å². The van der Waals surface area contributed by atoms with Gasteiger partial charge in [-0.25, -0.2) is 9.59 Å². The van der Waals surface area contributed by atoms with Gasteiger partial charge in [0.05, 0.1) is 12.7 Å². The third-order valence-corrected chi connectivity index (χ3v) is 1.66. The summed E-state index contributed by atoms with van der Waals surface area (Å²) in [7, 11) is 1.42. The number of amides is 2. The van der Waals surface area contributed by atoms with Crippen LogP contribution in [-0.4, -0.2) is 64.6 Å². The Bertz CT molecular complexity index is 231. The standard InChI is InChI=1S/C8H16N2O5/c1-5(12)3-10(2)8(15)9-6(4-11)7(13)14/h5-6,11-12H,3-4H2,1-2H3,(H,9,15)(H,13,14)/t5?,6-/m0/s1. The number of urea groups is 1. The van der Waals surface area contributed by atoms with Crippen LogP contribution in [0.1, 0.15) is 6.92 Å². The third kappa shape index (κ3) is 5.18. The number of aliphatic hydroxyl groups is 2. The molecule has 0 bridgehead atoms. The van der Waals surface area contributed by atoms with E-state index in [9.17, 15) is 9.59 Å². The lowest BCUT2D eigenvalue weighted by Gasteiger charge is -2.21. The zero-order chi connectivity index (χ0) is 12.0. The molecule has 0 radical (unpaired) electrons. The average Bonchev–Trinajstić information content (AvgIpc) is 2.11. The Hall–Kier alpha value is -1.34. The minimum Gasteiger partial charge on any atom is -0.480 e. The van der Waals surface area contributed by atoms with Crippen LogP contribution in [0, 0.1) is 0 Å². The van der Waals surface area contributed by atoms with Crippen LogP contribution in [0.4, 0.5) is 4.79 Å². The number of aliphatic carboxylic acids is 1. The highest BCUT2D eigenvalue weighted by molar-refractivity contribution is 5.82. The molecule has 1 unspecified atom stereocenters. The molecule has 2 amide bonds. The van der Waals surface area contributed by atoms with Crippen LogP contribution < -0.4 is 5.32 Å². The molecule has 0 aliphatic rings. The molecule has 0 aromatic rings. The second kappa shape index (κ2) is 6.20. The number of aliphatic hydroxyl groups excluding tert-OH is 2. The Balaban J connectivity index is 4.16. The first kappa shape index (κ1) is 13.7. The number of hydrogen-bond acceptors (Lipinski definition) is 4. The van der Waals surface area contributed by atoms with Crippen LogP contribution in [0.25, 0.3) is 0 Å². The summed E-state index contributed by atoms with van der Waals surface area (Å²) < 4.78 is 0. The predicted molar refractivity (Wildman–Crippen MR) is 51.4 cm³/mol. The Morgan fingerprint density at radius 3 is 2.33 bits per heavy atom. The van der Waals surface area contributed by atoms with Gasteiger partial charge in [0.1, 0.15) is 0 Å². The quantitative estimate of drug-likeness (QED) is 0.448. The summed E-state index contributed by atoms with van der Waals surface area (Å²) in [5, 5.41) is 28.3. The van der Waals surface area contributed by atoms with Crippen LogP contribution in [-0.2, 0) is 4.79 Å². The minimum atomic E-state index is -1.33. The molecule has 0 aliphatic heterocycles. The van der Waals surface area contributed by atoms with E-state index in [2.05, 4.69) is 5.32 Å². The van der Waals surface area contributed by atoms with Crippen LogP contribution >= 0.6 is 0 Å². The van der Waals surface area contributed by atoms with Crippen molar-refractivity contribution in [2.75, 3.05) is 20.2 Å². The van der Waals surface area contributed by atoms with Gasteiger partial charge in [-0.05, 0) is 6.92 Å². The van der Waals surface area contributed by atoms with Gasteiger partial charge < -0.3 is 25.5 Å². The SMILES string of the molecule is CC(O)CN(C)C(=O)N[C@@H](CO)C(=O)O. The number of carboxylic acids is 1. The molecule has 7 heteroatoms. The van der Waals surface area contributed by atoms with Crippen molar-refractivity contribution < 1.29 is 24.9 Å². The maximum Gasteiger partial charge on any atom is 0.328 e. The maximum absolute atomic E-state index is 11.3.